The molecule has 2 aliphatic rings. The molecule has 0 radical (unpaired) electrons. The summed E-state index contributed by atoms with van der Waals surface area (Å²) in [5, 5.41) is 0.766. The predicted molar refractivity (Wildman–Crippen MR) is 145 cm³/mol. The molecule has 0 saturated carbocycles. The number of halogens is 5. The van der Waals surface area contributed by atoms with E-state index in [0.717, 1.165) is 31.0 Å². The number of alkyl halides is 3. The molecule has 0 amide bonds. The fourth-order valence-electron chi connectivity index (χ4n) is 6.31. The second-order valence-electron chi connectivity index (χ2n) is 11.3. The number of benzene rings is 2. The molecule has 5 rings (SSSR count). The number of nitrogens with one attached hydrogen (secondary N) is 1. The van der Waals surface area contributed by atoms with Gasteiger partial charge in [-0.05, 0) is 67.5 Å². The number of likely N-dealkylation sites (tertiary alicyclic amines) is 1. The van der Waals surface area contributed by atoms with Crippen molar-refractivity contribution in [3.8, 4) is 0 Å². The third kappa shape index (κ3) is 5.61. The molecular formula is C30H36F5N3O2. The summed E-state index contributed by atoms with van der Waals surface area (Å²) < 4.78 is 77.6. The van der Waals surface area contributed by atoms with Crippen LogP contribution in [0.5, 0.6) is 0 Å². The van der Waals surface area contributed by atoms with Crippen LogP contribution in [0, 0.1) is 17.6 Å². The molecule has 40 heavy (non-hydrogen) atoms. The van der Waals surface area contributed by atoms with E-state index < -0.39 is 42.2 Å². The third-order valence-electron chi connectivity index (χ3n) is 8.07. The van der Waals surface area contributed by atoms with E-state index in [1.807, 2.05) is 0 Å². The molecule has 0 unspecified atom stereocenters. The van der Waals surface area contributed by atoms with Crippen molar-refractivity contribution in [1.82, 2.24) is 14.8 Å². The highest BCUT2D eigenvalue weighted by molar-refractivity contribution is 5.96. The third-order valence-corrected chi connectivity index (χ3v) is 8.07. The van der Waals surface area contributed by atoms with Crippen LogP contribution >= 0.6 is 0 Å². The lowest BCUT2D eigenvalue weighted by Crippen LogP contribution is -2.48. The Hall–Kier alpha value is -2.98. The van der Waals surface area contributed by atoms with Gasteiger partial charge in [0, 0.05) is 56.2 Å². The molecule has 0 bridgehead atoms. The molecule has 3 heterocycles. The number of ether oxygens (including phenoxy) is 1. The maximum Gasteiger partial charge on any atom is 0.337 e. The van der Waals surface area contributed by atoms with Crippen LogP contribution in [0.25, 0.3) is 10.9 Å². The minimum Gasteiger partial charge on any atom is -0.465 e. The van der Waals surface area contributed by atoms with Gasteiger partial charge >= 0.3 is 5.97 Å². The highest BCUT2D eigenvalue weighted by Gasteiger charge is 2.42. The number of methoxy groups -OCH3 is 1. The quantitative estimate of drug-likeness (QED) is 0.244. The largest absolute Gasteiger partial charge is 0.465 e. The number of fused-ring (bicyclic) bond motifs is 3. The molecular weight excluding hydrogens is 529 g/mol. The normalized spacial score (nSPS) is 20.5. The molecule has 2 aromatic carbocycles. The molecule has 5 nitrogen and oxygen atoms in total. The Kier molecular flexibility index (Phi) is 7.94. The standard InChI is InChI=1S/C30H34F5N3O2.H2/c1-17-9-22-21-6-5-20(29(39)40-3)13-25(21)36-27(22)28(38(17)16-30(2,34)35)26-23(32)11-18(12-24(26)33)10-19-14-37(15-19)8-4-7-31;/h5-6,11-13,17,19,28,36H,4,7-10,14-16H2,1-3H3;1H/t17-,28-;/m1./s1. The molecule has 218 valence electrons. The van der Waals surface area contributed by atoms with Crippen LogP contribution in [0.15, 0.2) is 30.3 Å². The topological polar surface area (TPSA) is 48.6 Å². The van der Waals surface area contributed by atoms with Crippen molar-refractivity contribution >= 4 is 16.9 Å². The molecule has 3 aromatic rings. The Morgan fingerprint density at radius 2 is 1.88 bits per heavy atom. The summed E-state index contributed by atoms with van der Waals surface area (Å²) in [6.07, 6.45) is 1.34. The summed E-state index contributed by atoms with van der Waals surface area (Å²) in [4.78, 5) is 18.9. The van der Waals surface area contributed by atoms with Crippen LogP contribution in [0.2, 0.25) is 0 Å². The first-order valence-electron chi connectivity index (χ1n) is 13.6. The highest BCUT2D eigenvalue weighted by atomic mass is 19.3. The van der Waals surface area contributed by atoms with Crippen LogP contribution in [0.3, 0.4) is 0 Å². The number of rotatable bonds is 9. The SMILES string of the molecule is COC(=O)c1ccc2c3c([nH]c2c1)[C@@H](c1c(F)cc(CC2CN(CCCF)C2)cc1F)N(CC(C)(F)F)[C@H](C)C3.[HH]. The molecule has 1 fully saturated rings. The molecule has 2 aliphatic heterocycles. The molecule has 10 heteroatoms. The maximum atomic E-state index is 15.8. The van der Waals surface area contributed by atoms with E-state index in [9.17, 15) is 18.0 Å². The lowest BCUT2D eigenvalue weighted by Gasteiger charge is -2.42. The molecule has 2 atom stereocenters. The number of carbonyl (C=O) groups excluding carboxylic acids is 1. The van der Waals surface area contributed by atoms with Crippen molar-refractivity contribution in [2.75, 3.05) is 40.0 Å². The number of nitrogens with zero attached hydrogens (tertiary/aromatic N) is 2. The van der Waals surface area contributed by atoms with E-state index in [1.165, 1.54) is 24.1 Å². The zero-order valence-corrected chi connectivity index (χ0v) is 22.9. The first-order chi connectivity index (χ1) is 19.0. The summed E-state index contributed by atoms with van der Waals surface area (Å²) in [6, 6.07) is 6.02. The van der Waals surface area contributed by atoms with E-state index in [1.54, 1.807) is 25.1 Å². The van der Waals surface area contributed by atoms with Crippen LogP contribution in [0.1, 0.15) is 60.5 Å². The Morgan fingerprint density at radius 3 is 2.50 bits per heavy atom. The van der Waals surface area contributed by atoms with Gasteiger partial charge in [0.05, 0.1) is 31.9 Å². The first kappa shape index (κ1) is 28.5. The van der Waals surface area contributed by atoms with E-state index in [-0.39, 0.29) is 19.6 Å². The average molecular weight is 566 g/mol. The van der Waals surface area contributed by atoms with Gasteiger partial charge in [0.1, 0.15) is 11.6 Å². The van der Waals surface area contributed by atoms with Crippen LogP contribution < -0.4 is 0 Å². The minimum atomic E-state index is -3.10. The first-order valence-corrected chi connectivity index (χ1v) is 13.6. The number of hydrogen-bond acceptors (Lipinski definition) is 4. The van der Waals surface area contributed by atoms with Crippen LogP contribution in [-0.2, 0) is 17.6 Å². The van der Waals surface area contributed by atoms with Crippen molar-refractivity contribution in [3.63, 3.8) is 0 Å². The smallest absolute Gasteiger partial charge is 0.337 e. The van der Waals surface area contributed by atoms with Gasteiger partial charge in [0.15, 0.2) is 0 Å². The fraction of sp³-hybridized carbons (Fsp3) is 0.500. The van der Waals surface area contributed by atoms with Crippen LogP contribution in [-0.4, -0.2) is 72.7 Å². The number of hydrogen-bond donors (Lipinski definition) is 1. The van der Waals surface area contributed by atoms with Gasteiger partial charge < -0.3 is 14.6 Å². The van der Waals surface area contributed by atoms with Crippen molar-refractivity contribution in [1.29, 1.82) is 0 Å². The Bertz CT molecular complexity index is 1380. The van der Waals surface area contributed by atoms with Crippen molar-refractivity contribution < 1.29 is 32.9 Å². The monoisotopic (exact) mass is 565 g/mol. The summed E-state index contributed by atoms with van der Waals surface area (Å²) in [5.74, 6) is -4.98. The number of H-pyrrole nitrogens is 1. The van der Waals surface area contributed by atoms with Gasteiger partial charge in [-0.3, -0.25) is 9.29 Å². The van der Waals surface area contributed by atoms with Crippen molar-refractivity contribution in [3.05, 3.63) is 69.9 Å². The zero-order valence-electron chi connectivity index (χ0n) is 22.9. The van der Waals surface area contributed by atoms with Crippen molar-refractivity contribution in [2.24, 2.45) is 5.92 Å². The van der Waals surface area contributed by atoms with E-state index in [2.05, 4.69) is 9.88 Å². The predicted octanol–water partition coefficient (Wildman–Crippen LogP) is 6.30. The van der Waals surface area contributed by atoms with E-state index in [4.69, 9.17) is 4.74 Å². The minimum absolute atomic E-state index is 0. The summed E-state index contributed by atoms with van der Waals surface area (Å²) in [7, 11) is 1.27. The Morgan fingerprint density at radius 1 is 1.18 bits per heavy atom. The van der Waals surface area contributed by atoms with Gasteiger partial charge in [-0.1, -0.05) is 6.07 Å². The molecule has 1 saturated heterocycles. The Labute approximate surface area is 231 Å². The number of carbonyl (C=O) groups is 1. The van der Waals surface area contributed by atoms with Gasteiger partial charge in [0.2, 0.25) is 0 Å². The second-order valence-corrected chi connectivity index (χ2v) is 11.3. The zero-order chi connectivity index (χ0) is 28.8. The average Bonchev–Trinajstić information content (AvgIpc) is 3.22. The van der Waals surface area contributed by atoms with Crippen LogP contribution in [0.4, 0.5) is 22.0 Å². The number of aromatic amines is 1. The lowest BCUT2D eigenvalue weighted by molar-refractivity contribution is -0.0374. The maximum absolute atomic E-state index is 15.8. The molecule has 1 N–H and O–H groups in total. The van der Waals surface area contributed by atoms with E-state index >= 15 is 8.78 Å². The van der Waals surface area contributed by atoms with Crippen molar-refractivity contribution in [2.45, 2.75) is 51.1 Å². The Balaban J connectivity index is 0.00000387. The van der Waals surface area contributed by atoms with Gasteiger partial charge in [-0.25, -0.2) is 22.4 Å². The fourth-order valence-corrected chi connectivity index (χ4v) is 6.31. The highest BCUT2D eigenvalue weighted by Crippen LogP contribution is 2.44. The van der Waals surface area contributed by atoms with Gasteiger partial charge in [-0.2, -0.15) is 0 Å². The summed E-state index contributed by atoms with van der Waals surface area (Å²) >= 11 is 0. The second kappa shape index (κ2) is 11.1. The summed E-state index contributed by atoms with van der Waals surface area (Å²) in [5.41, 5.74) is 2.31. The number of esters is 1. The molecule has 1 aromatic heterocycles. The number of aromatic nitrogens is 1. The lowest BCUT2D eigenvalue weighted by atomic mass is 9.86. The van der Waals surface area contributed by atoms with Gasteiger partial charge in [-0.15, -0.1) is 0 Å². The van der Waals surface area contributed by atoms with E-state index in [0.29, 0.717) is 48.1 Å². The molecule has 0 aliphatic carbocycles. The van der Waals surface area contributed by atoms with Gasteiger partial charge in [0.25, 0.3) is 5.92 Å². The summed E-state index contributed by atoms with van der Waals surface area (Å²) in [6.45, 7) is 3.68. The molecule has 0 spiro atoms.